The van der Waals surface area contributed by atoms with Crippen LogP contribution in [0.5, 0.6) is 0 Å². The largest absolute Gasteiger partial charge is 0.249 e. The standard InChI is InChI=1S/C32H27N3O2S/c1-23-16-18-27(19-17-23)38(36,37)35-22-32-31(33-29-14-8-9-15-30(29)34-32)21-26(35)20-28(24-10-4-2-5-11-24)25-12-6-3-7-13-25/h2-20,26H,21-22H2,1H3. The first kappa shape index (κ1) is 24.2. The van der Waals surface area contributed by atoms with Crippen molar-refractivity contribution >= 4 is 26.6 Å². The number of para-hydroxylation sites is 2. The molecule has 0 spiro atoms. The fraction of sp³-hybridized carbons (Fsp3) is 0.125. The molecule has 0 fully saturated rings. The molecule has 0 bridgehead atoms. The molecule has 1 unspecified atom stereocenters. The molecule has 0 radical (unpaired) electrons. The summed E-state index contributed by atoms with van der Waals surface area (Å²) in [6.07, 6.45) is 2.51. The Balaban J connectivity index is 1.53. The number of hydrogen-bond donors (Lipinski definition) is 0. The van der Waals surface area contributed by atoms with Crippen LogP contribution in [0, 0.1) is 6.92 Å². The SMILES string of the molecule is Cc1ccc(S(=O)(=O)N2Cc3nc4ccccc4nc3CC2C=C(c2ccccc2)c2ccccc2)cc1. The molecule has 6 rings (SSSR count). The molecule has 0 N–H and O–H groups in total. The van der Waals surface area contributed by atoms with Gasteiger partial charge in [0.2, 0.25) is 10.0 Å². The average molecular weight is 518 g/mol. The number of fused-ring (bicyclic) bond motifs is 2. The van der Waals surface area contributed by atoms with E-state index in [1.165, 1.54) is 0 Å². The summed E-state index contributed by atoms with van der Waals surface area (Å²) in [5, 5.41) is 0. The first-order valence-electron chi connectivity index (χ1n) is 12.6. The second kappa shape index (κ2) is 9.97. The molecule has 188 valence electrons. The number of hydrogen-bond acceptors (Lipinski definition) is 4. The van der Waals surface area contributed by atoms with Crippen molar-refractivity contribution in [2.24, 2.45) is 0 Å². The van der Waals surface area contributed by atoms with E-state index in [2.05, 4.69) is 30.3 Å². The molecule has 4 aromatic carbocycles. The van der Waals surface area contributed by atoms with Gasteiger partial charge in [0.1, 0.15) is 0 Å². The molecular formula is C32H27N3O2S. The lowest BCUT2D eigenvalue weighted by molar-refractivity contribution is 0.327. The van der Waals surface area contributed by atoms with Gasteiger partial charge in [0, 0.05) is 6.42 Å². The molecule has 38 heavy (non-hydrogen) atoms. The number of benzene rings is 4. The van der Waals surface area contributed by atoms with Gasteiger partial charge in [-0.15, -0.1) is 0 Å². The maximum Gasteiger partial charge on any atom is 0.243 e. The summed E-state index contributed by atoms with van der Waals surface area (Å²) in [6.45, 7) is 2.10. The van der Waals surface area contributed by atoms with Crippen LogP contribution in [0.4, 0.5) is 0 Å². The van der Waals surface area contributed by atoms with E-state index in [1.807, 2.05) is 79.7 Å². The first-order valence-corrected chi connectivity index (χ1v) is 14.1. The molecule has 1 aromatic heterocycles. The molecule has 5 nitrogen and oxygen atoms in total. The average Bonchev–Trinajstić information content (AvgIpc) is 2.95. The lowest BCUT2D eigenvalue weighted by atomic mass is 9.93. The minimum absolute atomic E-state index is 0.154. The van der Waals surface area contributed by atoms with Crippen molar-refractivity contribution in [3.05, 3.63) is 143 Å². The topological polar surface area (TPSA) is 63.2 Å². The van der Waals surface area contributed by atoms with E-state index in [9.17, 15) is 8.42 Å². The van der Waals surface area contributed by atoms with Gasteiger partial charge in [-0.05, 0) is 47.9 Å². The number of aryl methyl sites for hydroxylation is 1. The van der Waals surface area contributed by atoms with E-state index in [0.717, 1.165) is 39.0 Å². The number of aromatic nitrogens is 2. The fourth-order valence-electron chi connectivity index (χ4n) is 4.97. The van der Waals surface area contributed by atoms with Gasteiger partial charge in [0.25, 0.3) is 0 Å². The van der Waals surface area contributed by atoms with Crippen molar-refractivity contribution in [2.45, 2.75) is 30.8 Å². The molecule has 1 aliphatic rings. The van der Waals surface area contributed by atoms with E-state index in [-0.39, 0.29) is 11.4 Å². The zero-order chi connectivity index (χ0) is 26.1. The third kappa shape index (κ3) is 4.64. The van der Waals surface area contributed by atoms with E-state index >= 15 is 0 Å². The molecule has 5 aromatic rings. The molecule has 1 atom stereocenters. The molecule has 0 saturated carbocycles. The van der Waals surface area contributed by atoms with Crippen molar-refractivity contribution in [1.82, 2.24) is 14.3 Å². The van der Waals surface area contributed by atoms with Crippen molar-refractivity contribution in [2.75, 3.05) is 0 Å². The predicted octanol–water partition coefficient (Wildman–Crippen LogP) is 6.19. The van der Waals surface area contributed by atoms with Crippen LogP contribution in [-0.4, -0.2) is 28.7 Å². The Labute approximate surface area is 223 Å². The van der Waals surface area contributed by atoms with Crippen LogP contribution < -0.4 is 0 Å². The van der Waals surface area contributed by atoms with Gasteiger partial charge >= 0.3 is 0 Å². The first-order chi connectivity index (χ1) is 18.5. The van der Waals surface area contributed by atoms with Crippen molar-refractivity contribution in [3.63, 3.8) is 0 Å². The maximum absolute atomic E-state index is 14.1. The highest BCUT2D eigenvalue weighted by molar-refractivity contribution is 7.89. The van der Waals surface area contributed by atoms with Gasteiger partial charge in [-0.3, -0.25) is 0 Å². The Morgan fingerprint density at radius 1 is 0.737 bits per heavy atom. The molecule has 1 aliphatic heterocycles. The summed E-state index contributed by atoms with van der Waals surface area (Å²) < 4.78 is 29.7. The summed E-state index contributed by atoms with van der Waals surface area (Å²) in [7, 11) is -3.81. The third-order valence-electron chi connectivity index (χ3n) is 6.96. The molecule has 2 heterocycles. The van der Waals surface area contributed by atoms with Gasteiger partial charge in [-0.1, -0.05) is 96.6 Å². The zero-order valence-electron chi connectivity index (χ0n) is 21.0. The molecule has 0 saturated heterocycles. The summed E-state index contributed by atoms with van der Waals surface area (Å²) in [4.78, 5) is 10.0. The highest BCUT2D eigenvalue weighted by Crippen LogP contribution is 2.33. The molecule has 6 heteroatoms. The quantitative estimate of drug-likeness (QED) is 0.279. The summed E-state index contributed by atoms with van der Waals surface area (Å²) in [5.74, 6) is 0. The fourth-order valence-corrected chi connectivity index (χ4v) is 6.50. The van der Waals surface area contributed by atoms with Gasteiger partial charge in [-0.2, -0.15) is 4.31 Å². The Bertz CT molecular complexity index is 1690. The Kier molecular flexibility index (Phi) is 6.35. The van der Waals surface area contributed by atoms with Crippen LogP contribution in [0.15, 0.2) is 120 Å². The van der Waals surface area contributed by atoms with E-state index in [1.54, 1.807) is 16.4 Å². The summed E-state index contributed by atoms with van der Waals surface area (Å²) >= 11 is 0. The molecule has 0 aliphatic carbocycles. The van der Waals surface area contributed by atoms with Crippen LogP contribution in [0.3, 0.4) is 0 Å². The third-order valence-corrected chi connectivity index (χ3v) is 8.85. The second-order valence-corrected chi connectivity index (χ2v) is 11.4. The predicted molar refractivity (Wildman–Crippen MR) is 151 cm³/mol. The lowest BCUT2D eigenvalue weighted by Crippen LogP contribution is -2.44. The van der Waals surface area contributed by atoms with Gasteiger partial charge in [0.05, 0.1) is 39.9 Å². The monoisotopic (exact) mass is 517 g/mol. The number of nitrogens with zero attached hydrogens (tertiary/aromatic N) is 3. The van der Waals surface area contributed by atoms with E-state index in [0.29, 0.717) is 12.1 Å². The van der Waals surface area contributed by atoms with Crippen molar-refractivity contribution in [3.8, 4) is 0 Å². The molecule has 0 amide bonds. The highest BCUT2D eigenvalue weighted by atomic mass is 32.2. The second-order valence-electron chi connectivity index (χ2n) is 9.55. The Hall–Kier alpha value is -4.13. The van der Waals surface area contributed by atoms with E-state index in [4.69, 9.17) is 9.97 Å². The van der Waals surface area contributed by atoms with Crippen LogP contribution >= 0.6 is 0 Å². The lowest BCUT2D eigenvalue weighted by Gasteiger charge is -2.34. The van der Waals surface area contributed by atoms with Crippen LogP contribution in [-0.2, 0) is 23.0 Å². The number of rotatable bonds is 5. The summed E-state index contributed by atoms with van der Waals surface area (Å²) in [6, 6.07) is 34.5. The Morgan fingerprint density at radius 2 is 1.26 bits per heavy atom. The van der Waals surface area contributed by atoms with Gasteiger partial charge < -0.3 is 0 Å². The van der Waals surface area contributed by atoms with Crippen molar-refractivity contribution in [1.29, 1.82) is 0 Å². The minimum atomic E-state index is -3.81. The van der Waals surface area contributed by atoms with Crippen LogP contribution in [0.25, 0.3) is 16.6 Å². The van der Waals surface area contributed by atoms with E-state index < -0.39 is 16.1 Å². The van der Waals surface area contributed by atoms with Crippen LogP contribution in [0.2, 0.25) is 0 Å². The number of sulfonamides is 1. The summed E-state index contributed by atoms with van der Waals surface area (Å²) in [5.41, 5.74) is 7.17. The zero-order valence-corrected chi connectivity index (χ0v) is 21.8. The maximum atomic E-state index is 14.1. The smallest absolute Gasteiger partial charge is 0.243 e. The normalized spacial score (nSPS) is 15.7. The molecular weight excluding hydrogens is 490 g/mol. The highest BCUT2D eigenvalue weighted by Gasteiger charge is 2.36. The Morgan fingerprint density at radius 3 is 1.84 bits per heavy atom. The minimum Gasteiger partial charge on any atom is -0.249 e. The van der Waals surface area contributed by atoms with Crippen molar-refractivity contribution < 1.29 is 8.42 Å². The van der Waals surface area contributed by atoms with Gasteiger partial charge in [0.15, 0.2) is 0 Å². The van der Waals surface area contributed by atoms with Crippen LogP contribution in [0.1, 0.15) is 28.1 Å². The van der Waals surface area contributed by atoms with Gasteiger partial charge in [-0.25, -0.2) is 18.4 Å².